The summed E-state index contributed by atoms with van der Waals surface area (Å²) in [5, 5.41) is 7.37. The highest BCUT2D eigenvalue weighted by atomic mass is 15.3. The third-order valence-corrected chi connectivity index (χ3v) is 3.12. The van der Waals surface area contributed by atoms with Crippen molar-refractivity contribution in [1.29, 1.82) is 0 Å². The minimum Gasteiger partial charge on any atom is -0.373 e. The van der Waals surface area contributed by atoms with Crippen molar-refractivity contribution in [3.63, 3.8) is 0 Å². The van der Waals surface area contributed by atoms with E-state index in [0.29, 0.717) is 0 Å². The van der Waals surface area contributed by atoms with Gasteiger partial charge in [-0.15, -0.1) is 0 Å². The number of aryl methyl sites for hydroxylation is 1. The molecular formula is C14H21N5. The van der Waals surface area contributed by atoms with E-state index in [1.165, 1.54) is 0 Å². The quantitative estimate of drug-likeness (QED) is 0.900. The number of anilines is 1. The van der Waals surface area contributed by atoms with Crippen LogP contribution in [0.25, 0.3) is 11.4 Å². The van der Waals surface area contributed by atoms with Gasteiger partial charge in [0.25, 0.3) is 0 Å². The Morgan fingerprint density at radius 1 is 1.21 bits per heavy atom. The van der Waals surface area contributed by atoms with Crippen molar-refractivity contribution in [3.8, 4) is 11.4 Å². The van der Waals surface area contributed by atoms with Gasteiger partial charge in [-0.05, 0) is 13.0 Å². The maximum atomic E-state index is 4.74. The van der Waals surface area contributed by atoms with Crippen LogP contribution < -0.4 is 5.32 Å². The van der Waals surface area contributed by atoms with Crippen molar-refractivity contribution in [2.75, 3.05) is 12.4 Å². The Balaban J connectivity index is 2.70. The normalized spacial score (nSPS) is 11.7. The summed E-state index contributed by atoms with van der Waals surface area (Å²) >= 11 is 0. The molecule has 0 radical (unpaired) electrons. The maximum absolute atomic E-state index is 4.74. The van der Waals surface area contributed by atoms with E-state index in [9.17, 15) is 0 Å². The molecule has 0 fully saturated rings. The average molecular weight is 259 g/mol. The summed E-state index contributed by atoms with van der Waals surface area (Å²) in [6.45, 7) is 8.37. The van der Waals surface area contributed by atoms with Gasteiger partial charge in [0, 0.05) is 31.3 Å². The topological polar surface area (TPSA) is 55.6 Å². The number of hydrogen-bond donors (Lipinski definition) is 1. The van der Waals surface area contributed by atoms with Crippen LogP contribution >= 0.6 is 0 Å². The highest BCUT2D eigenvalue weighted by Gasteiger charge is 2.22. The van der Waals surface area contributed by atoms with E-state index in [-0.39, 0.29) is 5.41 Å². The lowest BCUT2D eigenvalue weighted by Gasteiger charge is -2.20. The van der Waals surface area contributed by atoms with E-state index in [2.05, 4.69) is 36.2 Å². The second kappa shape index (κ2) is 4.64. The molecule has 2 aromatic rings. The van der Waals surface area contributed by atoms with Gasteiger partial charge in [0.2, 0.25) is 0 Å². The summed E-state index contributed by atoms with van der Waals surface area (Å²) in [6.07, 6.45) is 1.78. The van der Waals surface area contributed by atoms with Crippen molar-refractivity contribution < 1.29 is 0 Å². The predicted molar refractivity (Wildman–Crippen MR) is 77.2 cm³/mol. The highest BCUT2D eigenvalue weighted by Crippen LogP contribution is 2.28. The summed E-state index contributed by atoms with van der Waals surface area (Å²) in [5.74, 6) is 1.70. The first-order chi connectivity index (χ1) is 8.84. The van der Waals surface area contributed by atoms with Crippen LogP contribution in [0.1, 0.15) is 32.2 Å². The van der Waals surface area contributed by atoms with Crippen molar-refractivity contribution in [1.82, 2.24) is 19.7 Å². The molecule has 0 spiro atoms. The molecule has 0 unspecified atom stereocenters. The zero-order valence-electron chi connectivity index (χ0n) is 12.4. The number of aromatic nitrogens is 4. The van der Waals surface area contributed by atoms with E-state index >= 15 is 0 Å². The number of rotatable bonds is 2. The largest absolute Gasteiger partial charge is 0.373 e. The Bertz CT molecular complexity index is 592. The van der Waals surface area contributed by atoms with Gasteiger partial charge in [-0.2, -0.15) is 5.10 Å². The number of nitrogens with one attached hydrogen (secondary N) is 1. The monoisotopic (exact) mass is 259 g/mol. The fourth-order valence-electron chi connectivity index (χ4n) is 1.95. The predicted octanol–water partition coefficient (Wildman–Crippen LogP) is 2.52. The average Bonchev–Trinajstić information content (AvgIpc) is 2.74. The molecule has 2 rings (SSSR count). The van der Waals surface area contributed by atoms with Crippen LogP contribution in [0.2, 0.25) is 0 Å². The minimum atomic E-state index is -0.0906. The molecule has 0 bridgehead atoms. The van der Waals surface area contributed by atoms with Gasteiger partial charge in [0.05, 0.1) is 11.4 Å². The summed E-state index contributed by atoms with van der Waals surface area (Å²) in [6, 6.07) is 1.97. The molecule has 5 nitrogen and oxygen atoms in total. The fraction of sp³-hybridized carbons (Fsp3) is 0.500. The molecule has 102 valence electrons. The highest BCUT2D eigenvalue weighted by molar-refractivity contribution is 5.65. The van der Waals surface area contributed by atoms with Gasteiger partial charge in [-0.3, -0.25) is 4.68 Å². The van der Waals surface area contributed by atoms with Crippen LogP contribution in [0.3, 0.4) is 0 Å². The molecule has 0 aromatic carbocycles. The first kappa shape index (κ1) is 13.5. The minimum absolute atomic E-state index is 0.0906. The molecule has 0 aliphatic rings. The summed E-state index contributed by atoms with van der Waals surface area (Å²) in [5.41, 5.74) is 2.89. The molecular weight excluding hydrogens is 238 g/mol. The van der Waals surface area contributed by atoms with Crippen LogP contribution in [0, 0.1) is 6.92 Å². The van der Waals surface area contributed by atoms with Gasteiger partial charge >= 0.3 is 0 Å². The zero-order chi connectivity index (χ0) is 14.2. The maximum Gasteiger partial charge on any atom is 0.136 e. The fourth-order valence-corrected chi connectivity index (χ4v) is 1.95. The van der Waals surface area contributed by atoms with Gasteiger partial charge < -0.3 is 5.32 Å². The van der Waals surface area contributed by atoms with Crippen molar-refractivity contribution in [3.05, 3.63) is 23.7 Å². The zero-order valence-corrected chi connectivity index (χ0v) is 12.4. The lowest BCUT2D eigenvalue weighted by molar-refractivity contribution is 0.546. The molecule has 0 atom stereocenters. The molecule has 0 amide bonds. The van der Waals surface area contributed by atoms with Crippen LogP contribution in [-0.4, -0.2) is 26.8 Å². The molecule has 0 saturated carbocycles. The first-order valence-electron chi connectivity index (χ1n) is 6.40. The Labute approximate surface area is 114 Å². The third-order valence-electron chi connectivity index (χ3n) is 3.12. The van der Waals surface area contributed by atoms with E-state index in [4.69, 9.17) is 4.98 Å². The Hall–Kier alpha value is -1.91. The van der Waals surface area contributed by atoms with Crippen LogP contribution in [0.5, 0.6) is 0 Å². The van der Waals surface area contributed by atoms with Gasteiger partial charge in [0.15, 0.2) is 0 Å². The third kappa shape index (κ3) is 2.45. The van der Waals surface area contributed by atoms with E-state index in [1.54, 1.807) is 6.20 Å². The van der Waals surface area contributed by atoms with E-state index in [1.807, 2.05) is 31.8 Å². The summed E-state index contributed by atoms with van der Waals surface area (Å²) < 4.78 is 1.83. The lowest BCUT2D eigenvalue weighted by atomic mass is 9.95. The second-order valence-corrected chi connectivity index (χ2v) is 5.71. The molecule has 19 heavy (non-hydrogen) atoms. The van der Waals surface area contributed by atoms with Crippen molar-refractivity contribution in [2.24, 2.45) is 7.05 Å². The molecule has 5 heteroatoms. The second-order valence-electron chi connectivity index (χ2n) is 5.71. The molecule has 2 aromatic heterocycles. The molecule has 2 heterocycles. The van der Waals surface area contributed by atoms with Crippen LogP contribution in [-0.2, 0) is 12.5 Å². The van der Waals surface area contributed by atoms with Gasteiger partial charge in [-0.25, -0.2) is 9.97 Å². The van der Waals surface area contributed by atoms with E-state index < -0.39 is 0 Å². The number of nitrogens with zero attached hydrogens (tertiary/aromatic N) is 4. The molecule has 0 saturated heterocycles. The molecule has 0 aliphatic heterocycles. The van der Waals surface area contributed by atoms with E-state index in [0.717, 1.165) is 28.6 Å². The van der Waals surface area contributed by atoms with Crippen LogP contribution in [0.4, 0.5) is 5.82 Å². The molecule has 0 aliphatic carbocycles. The Kier molecular flexibility index (Phi) is 3.30. The van der Waals surface area contributed by atoms with Gasteiger partial charge in [-0.1, -0.05) is 20.8 Å². The Morgan fingerprint density at radius 2 is 1.89 bits per heavy atom. The summed E-state index contributed by atoms with van der Waals surface area (Å²) in [4.78, 5) is 9.35. The summed E-state index contributed by atoms with van der Waals surface area (Å²) in [7, 11) is 3.81. The van der Waals surface area contributed by atoms with Crippen LogP contribution in [0.15, 0.2) is 12.3 Å². The Morgan fingerprint density at radius 3 is 2.37 bits per heavy atom. The number of hydrogen-bond acceptors (Lipinski definition) is 4. The van der Waals surface area contributed by atoms with Crippen molar-refractivity contribution >= 4 is 5.82 Å². The lowest BCUT2D eigenvalue weighted by Crippen LogP contribution is -2.18. The standard InChI is InChI=1S/C14H21N5/c1-9-11(10-7-8-16-19(10)6)17-13(14(2,3)4)18-12(9)15-5/h7-8H,1-6H3,(H,15,17,18). The first-order valence-corrected chi connectivity index (χ1v) is 6.40. The SMILES string of the molecule is CNc1nc(C(C)(C)C)nc(-c2ccnn2C)c1C. The molecule has 1 N–H and O–H groups in total. The van der Waals surface area contributed by atoms with Crippen molar-refractivity contribution in [2.45, 2.75) is 33.1 Å². The smallest absolute Gasteiger partial charge is 0.136 e. The van der Waals surface area contributed by atoms with Gasteiger partial charge in [0.1, 0.15) is 11.6 Å².